The third kappa shape index (κ3) is 4.48. The predicted octanol–water partition coefficient (Wildman–Crippen LogP) is 3.70. The number of hydrogen-bond donors (Lipinski definition) is 2. The maximum atomic E-state index is 13.3. The van der Waals surface area contributed by atoms with Gasteiger partial charge in [0.05, 0.1) is 48.7 Å². The van der Waals surface area contributed by atoms with E-state index in [2.05, 4.69) is 11.4 Å². The number of methoxy groups -OCH3 is 2. The Morgan fingerprint density at radius 2 is 1.62 bits per heavy atom. The van der Waals surface area contributed by atoms with Crippen molar-refractivity contribution in [1.82, 2.24) is 0 Å². The number of nitrogens with one attached hydrogen (secondary N) is 1. The molecule has 1 heterocycles. The fourth-order valence-corrected chi connectivity index (χ4v) is 4.50. The fourth-order valence-electron chi connectivity index (χ4n) is 4.50. The van der Waals surface area contributed by atoms with Gasteiger partial charge in [0.15, 0.2) is 0 Å². The average molecular weight is 497 g/mol. The van der Waals surface area contributed by atoms with Crippen molar-refractivity contribution in [2.24, 2.45) is 5.73 Å². The zero-order valence-corrected chi connectivity index (χ0v) is 20.4. The number of anilines is 2. The largest absolute Gasteiger partial charge is 0.466 e. The van der Waals surface area contributed by atoms with Crippen LogP contribution in [0.4, 0.5) is 11.4 Å². The maximum absolute atomic E-state index is 13.3. The molecule has 9 nitrogen and oxygen atoms in total. The maximum Gasteiger partial charge on any atom is 0.355 e. The number of fused-ring (bicyclic) bond motifs is 1. The summed E-state index contributed by atoms with van der Waals surface area (Å²) in [4.78, 5) is 39.7. The van der Waals surface area contributed by atoms with Crippen molar-refractivity contribution in [3.63, 3.8) is 0 Å². The Hall–Kier alpha value is -5.10. The minimum atomic E-state index is -0.973. The van der Waals surface area contributed by atoms with Crippen LogP contribution in [0.2, 0.25) is 0 Å². The van der Waals surface area contributed by atoms with E-state index in [-0.39, 0.29) is 28.6 Å². The van der Waals surface area contributed by atoms with Crippen LogP contribution >= 0.6 is 0 Å². The van der Waals surface area contributed by atoms with Crippen LogP contribution in [0.3, 0.4) is 0 Å². The van der Waals surface area contributed by atoms with E-state index in [0.717, 1.165) is 10.8 Å². The van der Waals surface area contributed by atoms with E-state index in [1.54, 1.807) is 42.5 Å². The zero-order valence-electron chi connectivity index (χ0n) is 20.4. The molecule has 37 heavy (non-hydrogen) atoms. The summed E-state index contributed by atoms with van der Waals surface area (Å²) in [5, 5.41) is 14.5. The molecule has 3 aromatic carbocycles. The van der Waals surface area contributed by atoms with Crippen LogP contribution < -0.4 is 16.0 Å². The number of nitrogens with two attached hydrogens (primary N) is 1. The molecule has 1 atom stereocenters. The molecule has 1 aliphatic heterocycles. The number of esters is 2. The van der Waals surface area contributed by atoms with Gasteiger partial charge in [0.1, 0.15) is 11.5 Å². The van der Waals surface area contributed by atoms with E-state index >= 15 is 0 Å². The number of nitrogens with zero attached hydrogens (tertiary/aromatic N) is 2. The summed E-state index contributed by atoms with van der Waals surface area (Å²) in [5.74, 6) is -3.00. The van der Waals surface area contributed by atoms with Crippen molar-refractivity contribution in [1.29, 1.82) is 5.26 Å². The molecule has 0 spiro atoms. The molecule has 3 N–H and O–H groups in total. The summed E-state index contributed by atoms with van der Waals surface area (Å²) >= 11 is 0. The first-order valence-electron chi connectivity index (χ1n) is 11.3. The monoisotopic (exact) mass is 496 g/mol. The molecular weight excluding hydrogens is 472 g/mol. The van der Waals surface area contributed by atoms with Crippen molar-refractivity contribution >= 4 is 40.0 Å². The lowest BCUT2D eigenvalue weighted by Gasteiger charge is -2.36. The number of allylic oxidation sites excluding steroid dienone is 1. The molecule has 3 aromatic rings. The van der Waals surface area contributed by atoms with Gasteiger partial charge in [-0.05, 0) is 23.1 Å². The minimum absolute atomic E-state index is 0.0495. The fraction of sp³-hybridized carbons (Fsp3) is 0.143. The van der Waals surface area contributed by atoms with Gasteiger partial charge in [-0.1, -0.05) is 54.6 Å². The molecule has 1 amide bonds. The second kappa shape index (κ2) is 10.3. The van der Waals surface area contributed by atoms with Gasteiger partial charge in [-0.25, -0.2) is 9.59 Å². The van der Waals surface area contributed by atoms with Crippen molar-refractivity contribution in [2.45, 2.75) is 12.8 Å². The Kier molecular flexibility index (Phi) is 6.93. The van der Waals surface area contributed by atoms with Crippen molar-refractivity contribution in [3.05, 3.63) is 95.0 Å². The molecule has 0 bridgehead atoms. The van der Waals surface area contributed by atoms with Gasteiger partial charge in [-0.15, -0.1) is 0 Å². The first-order valence-corrected chi connectivity index (χ1v) is 11.3. The van der Waals surface area contributed by atoms with Crippen molar-refractivity contribution < 1.29 is 23.9 Å². The molecule has 1 unspecified atom stereocenters. The second-order valence-corrected chi connectivity index (χ2v) is 8.23. The van der Waals surface area contributed by atoms with Crippen molar-refractivity contribution in [2.75, 3.05) is 24.4 Å². The number of benzene rings is 3. The van der Waals surface area contributed by atoms with Crippen LogP contribution in [-0.4, -0.2) is 32.1 Å². The highest BCUT2D eigenvalue weighted by molar-refractivity contribution is 6.08. The number of carbonyl (C=O) groups excluding carboxylic acids is 3. The van der Waals surface area contributed by atoms with Gasteiger partial charge in [-0.3, -0.25) is 9.69 Å². The Morgan fingerprint density at radius 1 is 0.973 bits per heavy atom. The molecular formula is C28H24N4O5. The molecule has 186 valence electrons. The summed E-state index contributed by atoms with van der Waals surface area (Å²) in [6.07, 6.45) is 0. The van der Waals surface area contributed by atoms with Crippen LogP contribution in [0.25, 0.3) is 10.8 Å². The predicted molar refractivity (Wildman–Crippen MR) is 138 cm³/mol. The molecule has 0 saturated carbocycles. The van der Waals surface area contributed by atoms with E-state index in [4.69, 9.17) is 15.2 Å². The number of carbonyl (C=O) groups is 3. The quantitative estimate of drug-likeness (QED) is 0.511. The molecule has 0 fully saturated rings. The van der Waals surface area contributed by atoms with Crippen LogP contribution in [0.1, 0.15) is 18.4 Å². The highest BCUT2D eigenvalue weighted by Crippen LogP contribution is 2.44. The van der Waals surface area contributed by atoms with E-state index in [9.17, 15) is 19.6 Å². The van der Waals surface area contributed by atoms with Gasteiger partial charge in [0.2, 0.25) is 5.91 Å². The Balaban J connectivity index is 2.09. The SMILES string of the molecule is COC(=O)C1=C(C(=O)OC)N(c2cc(NC(C)=O)c3ccccc3c2)C(N)=C(C#N)C1c1ccccc1. The Bertz CT molecular complexity index is 1520. The summed E-state index contributed by atoms with van der Waals surface area (Å²) in [6.45, 7) is 1.38. The zero-order chi connectivity index (χ0) is 26.7. The molecule has 9 heteroatoms. The van der Waals surface area contributed by atoms with Gasteiger partial charge in [-0.2, -0.15) is 5.26 Å². The van der Waals surface area contributed by atoms with Gasteiger partial charge < -0.3 is 20.5 Å². The molecule has 0 saturated heterocycles. The van der Waals surface area contributed by atoms with Gasteiger partial charge in [0.25, 0.3) is 0 Å². The molecule has 0 aromatic heterocycles. The lowest BCUT2D eigenvalue weighted by molar-refractivity contribution is -0.139. The normalized spacial score (nSPS) is 15.3. The summed E-state index contributed by atoms with van der Waals surface area (Å²) < 4.78 is 10.1. The first-order chi connectivity index (χ1) is 17.8. The number of hydrogen-bond acceptors (Lipinski definition) is 8. The number of rotatable bonds is 5. The number of nitriles is 1. The van der Waals surface area contributed by atoms with Crippen LogP contribution in [0.5, 0.6) is 0 Å². The molecule has 4 rings (SSSR count). The van der Waals surface area contributed by atoms with E-state index < -0.39 is 17.9 Å². The summed E-state index contributed by atoms with van der Waals surface area (Å²) in [6, 6.07) is 21.5. The number of ether oxygens (including phenoxy) is 2. The lowest BCUT2D eigenvalue weighted by atomic mass is 9.81. The Morgan fingerprint density at radius 3 is 2.24 bits per heavy atom. The highest BCUT2D eigenvalue weighted by atomic mass is 16.5. The van der Waals surface area contributed by atoms with Crippen LogP contribution in [0.15, 0.2) is 89.4 Å². The smallest absolute Gasteiger partial charge is 0.355 e. The third-order valence-electron chi connectivity index (χ3n) is 6.03. The first kappa shape index (κ1) is 25.0. The van der Waals surface area contributed by atoms with Crippen molar-refractivity contribution in [3.8, 4) is 6.07 Å². The molecule has 1 aliphatic rings. The number of amides is 1. The van der Waals surface area contributed by atoms with Gasteiger partial charge in [0, 0.05) is 12.3 Å². The molecule has 0 radical (unpaired) electrons. The Labute approximate surface area is 213 Å². The van der Waals surface area contributed by atoms with Crippen LogP contribution in [0, 0.1) is 11.3 Å². The topological polar surface area (TPSA) is 135 Å². The lowest BCUT2D eigenvalue weighted by Crippen LogP contribution is -2.40. The van der Waals surface area contributed by atoms with E-state index in [0.29, 0.717) is 16.9 Å². The van der Waals surface area contributed by atoms with Gasteiger partial charge >= 0.3 is 11.9 Å². The molecule has 0 aliphatic carbocycles. The average Bonchev–Trinajstić information content (AvgIpc) is 2.91. The minimum Gasteiger partial charge on any atom is -0.466 e. The van der Waals surface area contributed by atoms with Crippen LogP contribution in [-0.2, 0) is 23.9 Å². The summed E-state index contributed by atoms with van der Waals surface area (Å²) in [7, 11) is 2.37. The standard InChI is InChI=1S/C28H24N4O5/c1-16(33)31-22-14-19(13-18-11-7-8-12-20(18)22)32-25(28(35)37-3)24(27(34)36-2)23(21(15-29)26(32)30)17-9-5-4-6-10-17/h4-14,23H,30H2,1-3H3,(H,31,33). The summed E-state index contributed by atoms with van der Waals surface area (Å²) in [5.41, 5.74) is 7.70. The second-order valence-electron chi connectivity index (χ2n) is 8.23. The van der Waals surface area contributed by atoms with E-state index in [1.165, 1.54) is 26.0 Å². The third-order valence-corrected chi connectivity index (χ3v) is 6.03. The highest BCUT2D eigenvalue weighted by Gasteiger charge is 2.43. The van der Waals surface area contributed by atoms with E-state index in [1.807, 2.05) is 24.3 Å².